The van der Waals surface area contributed by atoms with Crippen molar-refractivity contribution in [3.8, 4) is 11.5 Å². The summed E-state index contributed by atoms with van der Waals surface area (Å²) < 4.78 is 38.8. The average molecular weight is 448 g/mol. The molecule has 3 aromatic heterocycles. The summed E-state index contributed by atoms with van der Waals surface area (Å²) in [6.07, 6.45) is 3.14. The first-order valence-corrected chi connectivity index (χ1v) is 11.7. The van der Waals surface area contributed by atoms with Crippen molar-refractivity contribution in [1.82, 2.24) is 24.4 Å². The van der Waals surface area contributed by atoms with Crippen LogP contribution in [0.4, 0.5) is 0 Å². The van der Waals surface area contributed by atoms with E-state index in [9.17, 15) is 13.2 Å². The van der Waals surface area contributed by atoms with Crippen molar-refractivity contribution in [2.24, 2.45) is 0 Å². The summed E-state index contributed by atoms with van der Waals surface area (Å²) in [5, 5.41) is 7.69. The Bertz CT molecular complexity index is 1160. The molecule has 11 heteroatoms. The lowest BCUT2D eigenvalue weighted by Crippen LogP contribution is -2.43. The van der Waals surface area contributed by atoms with E-state index >= 15 is 0 Å². The van der Waals surface area contributed by atoms with Crippen LogP contribution >= 0.6 is 0 Å². The second-order valence-electron chi connectivity index (χ2n) is 7.54. The molecule has 4 rings (SSSR count). The highest BCUT2D eigenvalue weighted by molar-refractivity contribution is 7.89. The van der Waals surface area contributed by atoms with Gasteiger partial charge in [-0.2, -0.15) is 9.40 Å². The van der Waals surface area contributed by atoms with Crippen LogP contribution in [0.5, 0.6) is 0 Å². The van der Waals surface area contributed by atoms with E-state index < -0.39 is 10.0 Å². The molecule has 31 heavy (non-hydrogen) atoms. The van der Waals surface area contributed by atoms with Gasteiger partial charge in [0.1, 0.15) is 5.69 Å². The Labute approximate surface area is 180 Å². The highest BCUT2D eigenvalue weighted by Crippen LogP contribution is 2.26. The highest BCUT2D eigenvalue weighted by Gasteiger charge is 2.25. The van der Waals surface area contributed by atoms with Gasteiger partial charge in [-0.25, -0.2) is 18.1 Å². The maximum absolute atomic E-state index is 13.0. The monoisotopic (exact) mass is 447 g/mol. The van der Waals surface area contributed by atoms with E-state index in [4.69, 9.17) is 9.15 Å². The highest BCUT2D eigenvalue weighted by atomic mass is 32.2. The molecule has 1 N–H and O–H groups in total. The number of furan rings is 1. The minimum absolute atomic E-state index is 0.00323. The first-order valence-electron chi connectivity index (χ1n) is 10.1. The van der Waals surface area contributed by atoms with Crippen molar-refractivity contribution in [1.29, 1.82) is 0 Å². The van der Waals surface area contributed by atoms with Crippen molar-refractivity contribution in [2.75, 3.05) is 38.6 Å². The van der Waals surface area contributed by atoms with Gasteiger partial charge in [-0.15, -0.1) is 0 Å². The van der Waals surface area contributed by atoms with Crippen molar-refractivity contribution >= 4 is 27.0 Å². The molecule has 0 unspecified atom stereocenters. The summed E-state index contributed by atoms with van der Waals surface area (Å²) >= 11 is 0. The van der Waals surface area contributed by atoms with Gasteiger partial charge in [-0.3, -0.25) is 4.79 Å². The first-order chi connectivity index (χ1) is 14.9. The Balaban J connectivity index is 1.57. The summed E-state index contributed by atoms with van der Waals surface area (Å²) in [4.78, 5) is 17.6. The van der Waals surface area contributed by atoms with E-state index in [1.165, 1.54) is 10.6 Å². The molecule has 1 aliphatic heterocycles. The van der Waals surface area contributed by atoms with Crippen LogP contribution in [0.15, 0.2) is 35.1 Å². The van der Waals surface area contributed by atoms with E-state index in [0.29, 0.717) is 54.4 Å². The van der Waals surface area contributed by atoms with Gasteiger partial charge in [0.15, 0.2) is 11.4 Å². The number of nitrogens with one attached hydrogen (secondary N) is 1. The zero-order valence-corrected chi connectivity index (χ0v) is 18.3. The number of fused-ring (bicyclic) bond motifs is 1. The Hall–Kier alpha value is -2.76. The number of hydrogen-bond acceptors (Lipinski definition) is 7. The fourth-order valence-electron chi connectivity index (χ4n) is 3.48. The number of nitrogens with zero attached hydrogens (tertiary/aromatic N) is 4. The Morgan fingerprint density at radius 2 is 2.06 bits per heavy atom. The lowest BCUT2D eigenvalue weighted by molar-refractivity contribution is 0.0730. The number of amides is 1. The van der Waals surface area contributed by atoms with Gasteiger partial charge in [0.2, 0.25) is 10.0 Å². The van der Waals surface area contributed by atoms with Crippen LogP contribution in [0.3, 0.4) is 0 Å². The SMILES string of the molecule is CC(C)n1ncc2c(C(=O)NCCS(=O)(=O)N3CCOCC3)cc(-c3ccco3)nc21. The zero-order valence-electron chi connectivity index (χ0n) is 17.4. The van der Waals surface area contributed by atoms with Crippen LogP contribution in [0.2, 0.25) is 0 Å². The molecule has 1 fully saturated rings. The summed E-state index contributed by atoms with van der Waals surface area (Å²) in [5.41, 5.74) is 1.44. The largest absolute Gasteiger partial charge is 0.463 e. The number of pyridine rings is 1. The third-order valence-electron chi connectivity index (χ3n) is 5.08. The molecular formula is C20H25N5O5S. The van der Waals surface area contributed by atoms with Crippen molar-refractivity contribution in [3.05, 3.63) is 36.2 Å². The summed E-state index contributed by atoms with van der Waals surface area (Å²) in [7, 11) is -3.46. The number of aromatic nitrogens is 3. The fraction of sp³-hybridized carbons (Fsp3) is 0.450. The van der Waals surface area contributed by atoms with Crippen molar-refractivity contribution in [2.45, 2.75) is 19.9 Å². The molecule has 4 heterocycles. The molecule has 1 aliphatic rings. The Morgan fingerprint density at radius 3 is 2.74 bits per heavy atom. The molecule has 0 atom stereocenters. The van der Waals surface area contributed by atoms with Crippen LogP contribution in [0.25, 0.3) is 22.5 Å². The molecule has 3 aromatic rings. The maximum atomic E-state index is 13.0. The van der Waals surface area contributed by atoms with Gasteiger partial charge >= 0.3 is 0 Å². The van der Waals surface area contributed by atoms with E-state index in [1.54, 1.807) is 29.1 Å². The summed E-state index contributed by atoms with van der Waals surface area (Å²) in [5.74, 6) is -0.0356. The number of carbonyl (C=O) groups excluding carboxylic acids is 1. The van der Waals surface area contributed by atoms with Crippen molar-refractivity contribution < 1.29 is 22.4 Å². The van der Waals surface area contributed by atoms with Crippen LogP contribution in [0.1, 0.15) is 30.2 Å². The number of morpholine rings is 1. The van der Waals surface area contributed by atoms with Crippen LogP contribution < -0.4 is 5.32 Å². The molecule has 1 amide bonds. The molecule has 0 aromatic carbocycles. The maximum Gasteiger partial charge on any atom is 0.252 e. The number of ether oxygens (including phenoxy) is 1. The molecular weight excluding hydrogens is 422 g/mol. The molecule has 0 saturated carbocycles. The number of rotatable bonds is 7. The molecule has 10 nitrogen and oxygen atoms in total. The van der Waals surface area contributed by atoms with Gasteiger partial charge in [0.25, 0.3) is 5.91 Å². The van der Waals surface area contributed by atoms with Crippen LogP contribution in [-0.4, -0.2) is 72.0 Å². The van der Waals surface area contributed by atoms with E-state index in [2.05, 4.69) is 15.4 Å². The number of carbonyl (C=O) groups is 1. The molecule has 166 valence electrons. The van der Waals surface area contributed by atoms with Gasteiger partial charge in [0.05, 0.1) is 42.4 Å². The van der Waals surface area contributed by atoms with E-state index in [0.717, 1.165) is 0 Å². The van der Waals surface area contributed by atoms with E-state index in [-0.39, 0.29) is 24.2 Å². The smallest absolute Gasteiger partial charge is 0.252 e. The fourth-order valence-corrected chi connectivity index (χ4v) is 4.80. The topological polar surface area (TPSA) is 120 Å². The molecule has 0 bridgehead atoms. The molecule has 1 saturated heterocycles. The average Bonchev–Trinajstić information content (AvgIpc) is 3.43. The Morgan fingerprint density at radius 1 is 1.29 bits per heavy atom. The summed E-state index contributed by atoms with van der Waals surface area (Å²) in [6.45, 7) is 5.39. The standard InChI is InChI=1S/C20H25N5O5S/c1-14(2)25-19-16(13-22-25)15(12-17(23-19)18-4-3-8-30-18)20(26)21-5-11-31(27,28)24-6-9-29-10-7-24/h3-4,8,12-14H,5-7,9-11H2,1-2H3,(H,21,26). The van der Waals surface area contributed by atoms with Gasteiger partial charge in [-0.1, -0.05) is 0 Å². The zero-order chi connectivity index (χ0) is 22.0. The lowest BCUT2D eigenvalue weighted by atomic mass is 10.1. The van der Waals surface area contributed by atoms with Crippen LogP contribution in [0, 0.1) is 0 Å². The third kappa shape index (κ3) is 4.48. The second kappa shape index (κ2) is 8.77. The van der Waals surface area contributed by atoms with Gasteiger partial charge in [-0.05, 0) is 32.0 Å². The minimum Gasteiger partial charge on any atom is -0.463 e. The van der Waals surface area contributed by atoms with Gasteiger partial charge < -0.3 is 14.5 Å². The third-order valence-corrected chi connectivity index (χ3v) is 6.96. The number of hydrogen-bond donors (Lipinski definition) is 1. The van der Waals surface area contributed by atoms with E-state index in [1.807, 2.05) is 13.8 Å². The van der Waals surface area contributed by atoms with Gasteiger partial charge in [0, 0.05) is 25.7 Å². The molecule has 0 aliphatic carbocycles. The Kier molecular flexibility index (Phi) is 6.08. The first kappa shape index (κ1) is 21.5. The molecule has 0 spiro atoms. The predicted octanol–water partition coefficient (Wildman–Crippen LogP) is 1.66. The quantitative estimate of drug-likeness (QED) is 0.585. The second-order valence-corrected chi connectivity index (χ2v) is 9.62. The summed E-state index contributed by atoms with van der Waals surface area (Å²) in [6, 6.07) is 5.20. The molecule has 0 radical (unpaired) electrons. The lowest BCUT2D eigenvalue weighted by Gasteiger charge is -2.26. The minimum atomic E-state index is -3.46. The predicted molar refractivity (Wildman–Crippen MR) is 114 cm³/mol. The number of sulfonamides is 1. The van der Waals surface area contributed by atoms with Crippen molar-refractivity contribution in [3.63, 3.8) is 0 Å². The normalized spacial score (nSPS) is 15.6. The van der Waals surface area contributed by atoms with Crippen LogP contribution in [-0.2, 0) is 14.8 Å².